The lowest BCUT2D eigenvalue weighted by Crippen LogP contribution is -1.81. The number of rotatable bonds is 4. The topological polar surface area (TPSA) is 30.0 Å². The predicted molar refractivity (Wildman–Crippen MR) is 71.8 cm³/mol. The highest BCUT2D eigenvalue weighted by Crippen LogP contribution is 2.19. The number of carbonyl (C=O) groups is 1. The highest BCUT2D eigenvalue weighted by atomic mass is 32.1. The molecule has 0 saturated heterocycles. The van der Waals surface area contributed by atoms with E-state index in [0.29, 0.717) is 5.69 Å². The van der Waals surface area contributed by atoms with E-state index in [1.54, 1.807) is 11.5 Å². The Morgan fingerprint density at radius 1 is 1.50 bits per heavy atom. The van der Waals surface area contributed by atoms with E-state index in [1.165, 1.54) is 11.3 Å². The fourth-order valence-corrected chi connectivity index (χ4v) is 1.69. The van der Waals surface area contributed by atoms with Gasteiger partial charge in [0, 0.05) is 11.0 Å². The van der Waals surface area contributed by atoms with Crippen LogP contribution in [0.1, 0.15) is 36.3 Å². The minimum atomic E-state index is 0.471. The molecule has 0 unspecified atom stereocenters. The van der Waals surface area contributed by atoms with Gasteiger partial charge in [0.1, 0.15) is 10.7 Å². The van der Waals surface area contributed by atoms with E-state index in [1.807, 2.05) is 39.0 Å². The van der Waals surface area contributed by atoms with Gasteiger partial charge in [-0.05, 0) is 6.92 Å². The maximum absolute atomic E-state index is 10.4. The average molecular weight is 235 g/mol. The third kappa shape index (κ3) is 4.36. The zero-order valence-electron chi connectivity index (χ0n) is 9.93. The molecule has 0 atom stereocenters. The fourth-order valence-electron chi connectivity index (χ4n) is 0.899. The van der Waals surface area contributed by atoms with Gasteiger partial charge in [0.2, 0.25) is 0 Å². The van der Waals surface area contributed by atoms with Crippen molar-refractivity contribution in [3.8, 4) is 0 Å². The number of carbonyl (C=O) groups excluding carboxylic acids is 1. The number of allylic oxidation sites excluding steroid dienone is 5. The molecule has 2 nitrogen and oxygen atoms in total. The molecule has 0 amide bonds. The van der Waals surface area contributed by atoms with Gasteiger partial charge in [-0.25, -0.2) is 4.98 Å². The first-order valence-electron chi connectivity index (χ1n) is 5.18. The SMILES string of the molecule is C=C/C(=C\C=C/C)c1nc(C=O)cs1.CC. The second-order valence-electron chi connectivity index (χ2n) is 2.55. The van der Waals surface area contributed by atoms with Crippen LogP contribution in [0.3, 0.4) is 0 Å². The fraction of sp³-hybridized carbons (Fsp3) is 0.231. The van der Waals surface area contributed by atoms with Crippen molar-refractivity contribution in [3.63, 3.8) is 0 Å². The minimum absolute atomic E-state index is 0.471. The molecule has 0 aliphatic rings. The van der Waals surface area contributed by atoms with Crippen LogP contribution in [0.2, 0.25) is 0 Å². The summed E-state index contributed by atoms with van der Waals surface area (Å²) < 4.78 is 0. The standard InChI is InChI=1S/C11H11NOS.C2H6/c1-3-5-6-9(4-2)11-12-10(7-13)8-14-11;1-2/h3-8H,2H2,1H3;1-2H3/b5-3-,9-6+;. The highest BCUT2D eigenvalue weighted by molar-refractivity contribution is 7.11. The molecular formula is C13H17NOS. The van der Waals surface area contributed by atoms with Crippen molar-refractivity contribution in [1.82, 2.24) is 4.98 Å². The molecule has 0 radical (unpaired) electrons. The third-order valence-electron chi connectivity index (χ3n) is 1.58. The van der Waals surface area contributed by atoms with Gasteiger partial charge in [-0.1, -0.05) is 44.7 Å². The van der Waals surface area contributed by atoms with Crippen LogP contribution in [-0.4, -0.2) is 11.3 Å². The van der Waals surface area contributed by atoms with Crippen LogP contribution < -0.4 is 0 Å². The molecule has 3 heteroatoms. The van der Waals surface area contributed by atoms with Crippen LogP contribution >= 0.6 is 11.3 Å². The molecule has 1 rings (SSSR count). The molecule has 1 heterocycles. The van der Waals surface area contributed by atoms with E-state index >= 15 is 0 Å². The van der Waals surface area contributed by atoms with Crippen LogP contribution in [0.15, 0.2) is 36.3 Å². The summed E-state index contributed by atoms with van der Waals surface area (Å²) in [5.74, 6) is 0. The van der Waals surface area contributed by atoms with Crippen molar-refractivity contribution in [3.05, 3.63) is 47.0 Å². The molecule has 0 spiro atoms. The molecule has 0 aromatic carbocycles. The lowest BCUT2D eigenvalue weighted by atomic mass is 10.2. The molecule has 0 saturated carbocycles. The van der Waals surface area contributed by atoms with Crippen molar-refractivity contribution in [2.45, 2.75) is 20.8 Å². The normalized spacial score (nSPS) is 10.8. The number of aldehydes is 1. The van der Waals surface area contributed by atoms with Crippen LogP contribution in [0.4, 0.5) is 0 Å². The lowest BCUT2D eigenvalue weighted by Gasteiger charge is -1.92. The first kappa shape index (κ1) is 14.5. The smallest absolute Gasteiger partial charge is 0.169 e. The van der Waals surface area contributed by atoms with Crippen LogP contribution in [-0.2, 0) is 0 Å². The van der Waals surface area contributed by atoms with Crippen molar-refractivity contribution in [2.24, 2.45) is 0 Å². The van der Waals surface area contributed by atoms with Crippen molar-refractivity contribution in [1.29, 1.82) is 0 Å². The average Bonchev–Trinajstić information content (AvgIpc) is 2.81. The largest absolute Gasteiger partial charge is 0.296 e. The number of nitrogens with zero attached hydrogens (tertiary/aromatic N) is 1. The van der Waals surface area contributed by atoms with E-state index < -0.39 is 0 Å². The third-order valence-corrected chi connectivity index (χ3v) is 2.49. The van der Waals surface area contributed by atoms with Gasteiger partial charge in [0.25, 0.3) is 0 Å². The number of thiazole rings is 1. The van der Waals surface area contributed by atoms with Crippen LogP contribution in [0, 0.1) is 0 Å². The quantitative estimate of drug-likeness (QED) is 0.580. The summed E-state index contributed by atoms with van der Waals surface area (Å²) in [5.41, 5.74) is 1.40. The summed E-state index contributed by atoms with van der Waals surface area (Å²) in [5, 5.41) is 2.55. The Bertz CT molecular complexity index is 388. The van der Waals surface area contributed by atoms with Gasteiger partial charge in [0.05, 0.1) is 0 Å². The van der Waals surface area contributed by atoms with E-state index in [2.05, 4.69) is 11.6 Å². The summed E-state index contributed by atoms with van der Waals surface area (Å²) >= 11 is 1.44. The van der Waals surface area contributed by atoms with Crippen LogP contribution in [0.25, 0.3) is 5.57 Å². The molecule has 16 heavy (non-hydrogen) atoms. The van der Waals surface area contributed by atoms with Gasteiger partial charge in [-0.2, -0.15) is 0 Å². The summed E-state index contributed by atoms with van der Waals surface area (Å²) in [6.45, 7) is 9.64. The maximum atomic E-state index is 10.4. The lowest BCUT2D eigenvalue weighted by molar-refractivity contribution is 0.111. The summed E-state index contributed by atoms with van der Waals surface area (Å²) in [6, 6.07) is 0. The number of hydrogen-bond donors (Lipinski definition) is 0. The molecular weight excluding hydrogens is 218 g/mol. The number of hydrogen-bond acceptors (Lipinski definition) is 3. The molecule has 0 aliphatic carbocycles. The van der Waals surface area contributed by atoms with Crippen LogP contribution in [0.5, 0.6) is 0 Å². The van der Waals surface area contributed by atoms with E-state index in [4.69, 9.17) is 0 Å². The summed E-state index contributed by atoms with van der Waals surface area (Å²) in [7, 11) is 0. The van der Waals surface area contributed by atoms with Gasteiger partial charge >= 0.3 is 0 Å². The van der Waals surface area contributed by atoms with Crippen molar-refractivity contribution < 1.29 is 4.79 Å². The van der Waals surface area contributed by atoms with Gasteiger partial charge in [-0.3, -0.25) is 4.79 Å². The second kappa shape index (κ2) is 8.80. The summed E-state index contributed by atoms with van der Waals surface area (Å²) in [4.78, 5) is 14.6. The van der Waals surface area contributed by atoms with E-state index in [-0.39, 0.29) is 0 Å². The molecule has 0 aliphatic heterocycles. The Balaban J connectivity index is 0.00000106. The zero-order chi connectivity index (χ0) is 12.4. The molecule has 1 aromatic heterocycles. The highest BCUT2D eigenvalue weighted by Gasteiger charge is 2.02. The van der Waals surface area contributed by atoms with Gasteiger partial charge < -0.3 is 0 Å². The Morgan fingerprint density at radius 3 is 2.62 bits per heavy atom. The minimum Gasteiger partial charge on any atom is -0.296 e. The predicted octanol–water partition coefficient (Wildman–Crippen LogP) is 4.13. The zero-order valence-corrected chi connectivity index (χ0v) is 10.8. The Morgan fingerprint density at radius 2 is 2.19 bits per heavy atom. The first-order chi connectivity index (χ1) is 7.81. The van der Waals surface area contributed by atoms with Crippen molar-refractivity contribution >= 4 is 23.2 Å². The summed E-state index contributed by atoms with van der Waals surface area (Å²) in [6.07, 6.45) is 8.24. The maximum Gasteiger partial charge on any atom is 0.169 e. The monoisotopic (exact) mass is 235 g/mol. The molecule has 86 valence electrons. The second-order valence-corrected chi connectivity index (χ2v) is 3.41. The number of aromatic nitrogens is 1. The van der Waals surface area contributed by atoms with Gasteiger partial charge in [0.15, 0.2) is 6.29 Å². The van der Waals surface area contributed by atoms with E-state index in [9.17, 15) is 4.79 Å². The Kier molecular flexibility index (Phi) is 7.98. The van der Waals surface area contributed by atoms with Crippen molar-refractivity contribution in [2.75, 3.05) is 0 Å². The Labute approximate surface area is 101 Å². The Hall–Kier alpha value is -1.48. The molecule has 0 fully saturated rings. The molecule has 1 aromatic rings. The molecule has 0 N–H and O–H groups in total. The van der Waals surface area contributed by atoms with Gasteiger partial charge in [-0.15, -0.1) is 11.3 Å². The first-order valence-corrected chi connectivity index (χ1v) is 6.06. The molecule has 0 bridgehead atoms. The van der Waals surface area contributed by atoms with E-state index in [0.717, 1.165) is 16.9 Å².